The molecule has 2 N–H and O–H groups in total. The quantitative estimate of drug-likeness (QED) is 0.911. The molecule has 2 aliphatic carbocycles. The minimum absolute atomic E-state index is 0.111. The van der Waals surface area contributed by atoms with Crippen LogP contribution >= 0.6 is 0 Å². The van der Waals surface area contributed by atoms with Crippen molar-refractivity contribution in [2.45, 2.75) is 43.2 Å². The van der Waals surface area contributed by atoms with E-state index in [1.54, 1.807) is 6.07 Å². The van der Waals surface area contributed by atoms with Crippen LogP contribution in [0.2, 0.25) is 0 Å². The minimum Gasteiger partial charge on any atom is -0.390 e. The van der Waals surface area contributed by atoms with E-state index in [-0.39, 0.29) is 17.8 Å². The standard InChI is InChI=1S/C20H20FNO2/c21-15-7-3-6-14(12-15)20(9-4-10-20)19(24)22-18-16-8-2-1-5-13(16)11-17(18)23/h1-3,5-8,12,17-18,23H,4,9-11H2,(H,22,24)/t17-,18+/m1/s1. The molecule has 0 saturated heterocycles. The number of hydrogen-bond acceptors (Lipinski definition) is 2. The average molecular weight is 325 g/mol. The van der Waals surface area contributed by atoms with Gasteiger partial charge >= 0.3 is 0 Å². The molecule has 1 saturated carbocycles. The highest BCUT2D eigenvalue weighted by atomic mass is 19.1. The van der Waals surface area contributed by atoms with E-state index in [1.165, 1.54) is 12.1 Å². The van der Waals surface area contributed by atoms with Crippen molar-refractivity contribution < 1.29 is 14.3 Å². The molecule has 2 atom stereocenters. The van der Waals surface area contributed by atoms with Gasteiger partial charge in [0.25, 0.3) is 0 Å². The molecule has 2 aromatic rings. The number of nitrogens with one attached hydrogen (secondary N) is 1. The molecule has 3 nitrogen and oxygen atoms in total. The second-order valence-electron chi connectivity index (χ2n) is 6.87. The second-order valence-corrected chi connectivity index (χ2v) is 6.87. The molecule has 0 unspecified atom stereocenters. The van der Waals surface area contributed by atoms with Crippen molar-refractivity contribution in [3.05, 3.63) is 71.0 Å². The fourth-order valence-corrected chi connectivity index (χ4v) is 3.99. The smallest absolute Gasteiger partial charge is 0.231 e. The van der Waals surface area contributed by atoms with E-state index >= 15 is 0 Å². The summed E-state index contributed by atoms with van der Waals surface area (Å²) in [6, 6.07) is 13.7. The van der Waals surface area contributed by atoms with E-state index in [0.717, 1.165) is 23.1 Å². The Kier molecular flexibility index (Phi) is 3.65. The highest BCUT2D eigenvalue weighted by Crippen LogP contribution is 2.45. The van der Waals surface area contributed by atoms with E-state index < -0.39 is 11.5 Å². The van der Waals surface area contributed by atoms with Crippen molar-refractivity contribution in [1.82, 2.24) is 5.32 Å². The Morgan fingerprint density at radius 1 is 1.17 bits per heavy atom. The highest BCUT2D eigenvalue weighted by molar-refractivity contribution is 5.89. The third kappa shape index (κ3) is 2.33. The molecule has 4 rings (SSSR count). The van der Waals surface area contributed by atoms with Crippen LogP contribution in [0, 0.1) is 5.82 Å². The zero-order valence-corrected chi connectivity index (χ0v) is 13.3. The molecule has 1 fully saturated rings. The third-order valence-corrected chi connectivity index (χ3v) is 5.51. The van der Waals surface area contributed by atoms with Gasteiger partial charge in [-0.1, -0.05) is 42.8 Å². The van der Waals surface area contributed by atoms with Gasteiger partial charge in [0.05, 0.1) is 17.6 Å². The van der Waals surface area contributed by atoms with Gasteiger partial charge in [0.15, 0.2) is 0 Å². The lowest BCUT2D eigenvalue weighted by Gasteiger charge is -2.41. The van der Waals surface area contributed by atoms with Gasteiger partial charge in [-0.3, -0.25) is 4.79 Å². The first-order valence-electron chi connectivity index (χ1n) is 8.43. The predicted octanol–water partition coefficient (Wildman–Crippen LogP) is 3.02. The van der Waals surface area contributed by atoms with Gasteiger partial charge < -0.3 is 10.4 Å². The Balaban J connectivity index is 1.62. The van der Waals surface area contributed by atoms with Crippen LogP contribution in [-0.2, 0) is 16.6 Å². The van der Waals surface area contributed by atoms with Gasteiger partial charge in [0.2, 0.25) is 5.91 Å². The Morgan fingerprint density at radius 3 is 2.67 bits per heavy atom. The van der Waals surface area contributed by atoms with Crippen LogP contribution in [0.15, 0.2) is 48.5 Å². The molecule has 124 valence electrons. The fraction of sp³-hybridized carbons (Fsp3) is 0.350. The van der Waals surface area contributed by atoms with Crippen molar-refractivity contribution in [3.8, 4) is 0 Å². The van der Waals surface area contributed by atoms with Crippen molar-refractivity contribution in [3.63, 3.8) is 0 Å². The first-order chi connectivity index (χ1) is 11.6. The zero-order valence-electron chi connectivity index (χ0n) is 13.3. The number of benzene rings is 2. The van der Waals surface area contributed by atoms with Crippen LogP contribution in [0.25, 0.3) is 0 Å². The first-order valence-corrected chi connectivity index (χ1v) is 8.43. The number of carbonyl (C=O) groups is 1. The van der Waals surface area contributed by atoms with Crippen molar-refractivity contribution in [2.24, 2.45) is 0 Å². The molecule has 0 heterocycles. The summed E-state index contributed by atoms with van der Waals surface area (Å²) < 4.78 is 13.6. The van der Waals surface area contributed by atoms with E-state index in [0.29, 0.717) is 19.3 Å². The maximum absolute atomic E-state index is 13.6. The van der Waals surface area contributed by atoms with Crippen molar-refractivity contribution >= 4 is 5.91 Å². The lowest BCUT2D eigenvalue weighted by Crippen LogP contribution is -2.51. The number of hydrogen-bond donors (Lipinski definition) is 2. The molecule has 0 aliphatic heterocycles. The summed E-state index contributed by atoms with van der Waals surface area (Å²) in [7, 11) is 0. The molecule has 0 radical (unpaired) electrons. The summed E-state index contributed by atoms with van der Waals surface area (Å²) in [5.74, 6) is -0.432. The van der Waals surface area contributed by atoms with Crippen molar-refractivity contribution in [1.29, 1.82) is 0 Å². The van der Waals surface area contributed by atoms with Gasteiger partial charge in [-0.2, -0.15) is 0 Å². The zero-order chi connectivity index (χ0) is 16.7. The molecule has 0 bridgehead atoms. The summed E-state index contributed by atoms with van der Waals surface area (Å²) >= 11 is 0. The minimum atomic E-state index is -0.667. The predicted molar refractivity (Wildman–Crippen MR) is 89.0 cm³/mol. The molecule has 24 heavy (non-hydrogen) atoms. The SMILES string of the molecule is O=C(N[C@H]1c2ccccc2C[C@H]1O)C1(c2cccc(F)c2)CCC1. The second kappa shape index (κ2) is 5.71. The van der Waals surface area contributed by atoms with Gasteiger partial charge in [-0.15, -0.1) is 0 Å². The molecule has 2 aromatic carbocycles. The van der Waals surface area contributed by atoms with E-state index in [1.807, 2.05) is 30.3 Å². The molecule has 1 amide bonds. The Labute approximate surface area is 140 Å². The van der Waals surface area contributed by atoms with E-state index in [4.69, 9.17) is 0 Å². The van der Waals surface area contributed by atoms with Crippen molar-refractivity contribution in [2.75, 3.05) is 0 Å². The van der Waals surface area contributed by atoms with Gasteiger partial charge in [0.1, 0.15) is 5.82 Å². The fourth-order valence-electron chi connectivity index (χ4n) is 3.99. The van der Waals surface area contributed by atoms with Crippen LogP contribution in [0.1, 0.15) is 42.0 Å². The number of aliphatic hydroxyl groups excluding tert-OH is 1. The maximum atomic E-state index is 13.6. The van der Waals surface area contributed by atoms with Crippen LogP contribution in [-0.4, -0.2) is 17.1 Å². The Hall–Kier alpha value is -2.20. The van der Waals surface area contributed by atoms with Crippen LogP contribution in [0.5, 0.6) is 0 Å². The topological polar surface area (TPSA) is 49.3 Å². The molecular weight excluding hydrogens is 305 g/mol. The van der Waals surface area contributed by atoms with Gasteiger partial charge in [-0.25, -0.2) is 4.39 Å². The average Bonchev–Trinajstić information content (AvgIpc) is 2.82. The third-order valence-electron chi connectivity index (χ3n) is 5.51. The lowest BCUT2D eigenvalue weighted by molar-refractivity contribution is -0.131. The van der Waals surface area contributed by atoms with E-state index in [9.17, 15) is 14.3 Å². The maximum Gasteiger partial charge on any atom is 0.231 e. The van der Waals surface area contributed by atoms with E-state index in [2.05, 4.69) is 5.32 Å². The highest BCUT2D eigenvalue weighted by Gasteiger charge is 2.47. The summed E-state index contributed by atoms with van der Waals surface area (Å²) in [6.07, 6.45) is 2.32. The Morgan fingerprint density at radius 2 is 1.96 bits per heavy atom. The molecule has 2 aliphatic rings. The van der Waals surface area contributed by atoms with Crippen LogP contribution in [0.4, 0.5) is 4.39 Å². The number of amides is 1. The monoisotopic (exact) mass is 325 g/mol. The first kappa shape index (κ1) is 15.3. The number of aliphatic hydroxyl groups is 1. The lowest BCUT2D eigenvalue weighted by atomic mass is 9.63. The molecule has 4 heteroatoms. The summed E-state index contributed by atoms with van der Waals surface area (Å²) in [5.41, 5.74) is 2.11. The van der Waals surface area contributed by atoms with Gasteiger partial charge in [0, 0.05) is 6.42 Å². The largest absolute Gasteiger partial charge is 0.390 e. The number of rotatable bonds is 3. The summed E-state index contributed by atoms with van der Waals surface area (Å²) in [5, 5.41) is 13.4. The molecule has 0 spiro atoms. The molecule has 0 aromatic heterocycles. The number of fused-ring (bicyclic) bond motifs is 1. The van der Waals surface area contributed by atoms with Crippen LogP contribution < -0.4 is 5.32 Å². The van der Waals surface area contributed by atoms with Crippen LogP contribution in [0.3, 0.4) is 0 Å². The Bertz CT molecular complexity index is 785. The molecular formula is C20H20FNO2. The number of carbonyl (C=O) groups excluding carboxylic acids is 1. The summed E-state index contributed by atoms with van der Waals surface area (Å²) in [4.78, 5) is 13.0. The normalized spacial score (nSPS) is 24.1. The summed E-state index contributed by atoms with van der Waals surface area (Å²) in [6.45, 7) is 0. The van der Waals surface area contributed by atoms with Gasteiger partial charge in [-0.05, 0) is 41.7 Å². The number of halogens is 1.